The van der Waals surface area contributed by atoms with Gasteiger partial charge in [0.2, 0.25) is 0 Å². The number of thiophene rings is 1. The lowest BCUT2D eigenvalue weighted by molar-refractivity contribution is 1.29. The Morgan fingerprint density at radius 2 is 0.906 bits per heavy atom. The largest absolute Gasteiger partial charge is 0.309 e. The summed E-state index contributed by atoms with van der Waals surface area (Å²) in [5, 5.41) is 5.63. The van der Waals surface area contributed by atoms with Crippen LogP contribution < -0.4 is 15.3 Å². The van der Waals surface area contributed by atoms with Crippen LogP contribution in [0.2, 0.25) is 13.1 Å². The topological polar surface area (TPSA) is 3.24 Å². The SMILES string of the molecule is C[Si]1(C)c2ccccc2-c2ccc(N(c3ccc4c(c3)sc3ccccc34)c3c(-c4ccccc4)cc(-c4ccccc4)cc3-c3ccccc3)cc21. The number of benzene rings is 8. The molecule has 0 aliphatic carbocycles. The molecule has 0 atom stereocenters. The Labute approximate surface area is 316 Å². The van der Waals surface area contributed by atoms with Crippen LogP contribution in [0.25, 0.3) is 64.7 Å². The van der Waals surface area contributed by atoms with Gasteiger partial charge in [0.25, 0.3) is 0 Å². The maximum Gasteiger partial charge on any atom is 0.113 e. The van der Waals surface area contributed by atoms with E-state index in [0.717, 1.165) is 5.69 Å². The fraction of sp³-hybridized carbons (Fsp3) is 0.0400. The minimum absolute atomic E-state index is 1.15. The number of anilines is 3. The van der Waals surface area contributed by atoms with Crippen LogP contribution in [0.4, 0.5) is 17.1 Å². The maximum absolute atomic E-state index is 2.55. The van der Waals surface area contributed by atoms with E-state index in [1.54, 1.807) is 0 Å². The molecule has 0 bridgehead atoms. The Kier molecular flexibility index (Phi) is 7.53. The molecule has 9 aromatic rings. The molecule has 0 N–H and O–H groups in total. The van der Waals surface area contributed by atoms with Crippen molar-refractivity contribution in [2.75, 3.05) is 4.90 Å². The zero-order valence-corrected chi connectivity index (χ0v) is 31.6. The first-order chi connectivity index (χ1) is 26.0. The molecular weight excluding hydrogens is 675 g/mol. The van der Waals surface area contributed by atoms with Gasteiger partial charge < -0.3 is 4.90 Å². The van der Waals surface area contributed by atoms with Crippen molar-refractivity contribution in [1.82, 2.24) is 0 Å². The Morgan fingerprint density at radius 3 is 1.60 bits per heavy atom. The highest BCUT2D eigenvalue weighted by molar-refractivity contribution is 7.25. The summed E-state index contributed by atoms with van der Waals surface area (Å²) in [6.07, 6.45) is 0. The number of rotatable bonds is 6. The first kappa shape index (κ1) is 31.7. The van der Waals surface area contributed by atoms with Crippen LogP contribution >= 0.6 is 11.3 Å². The molecule has 0 radical (unpaired) electrons. The third-order valence-corrected chi connectivity index (χ3v) is 15.7. The van der Waals surface area contributed by atoms with E-state index in [9.17, 15) is 0 Å². The Morgan fingerprint density at radius 1 is 0.377 bits per heavy atom. The molecule has 0 saturated carbocycles. The van der Waals surface area contributed by atoms with Gasteiger partial charge in [0.1, 0.15) is 8.07 Å². The molecule has 0 amide bonds. The van der Waals surface area contributed by atoms with E-state index in [2.05, 4.69) is 206 Å². The maximum atomic E-state index is 2.55. The summed E-state index contributed by atoms with van der Waals surface area (Å²) in [7, 11) is -1.96. The Hall–Kier alpha value is -6.00. The average Bonchev–Trinajstić information content (AvgIpc) is 3.70. The molecular formula is C50H37NSSi. The molecule has 1 aliphatic heterocycles. The van der Waals surface area contributed by atoms with Crippen molar-refractivity contribution in [3.8, 4) is 44.5 Å². The van der Waals surface area contributed by atoms with Crippen LogP contribution in [0.1, 0.15) is 0 Å². The van der Waals surface area contributed by atoms with E-state index in [0.29, 0.717) is 0 Å². The second kappa shape index (κ2) is 12.6. The lowest BCUT2D eigenvalue weighted by Gasteiger charge is -2.32. The van der Waals surface area contributed by atoms with Gasteiger partial charge in [-0.25, -0.2) is 0 Å². The number of hydrogen-bond donors (Lipinski definition) is 0. The summed E-state index contributed by atoms with van der Waals surface area (Å²) in [6.45, 7) is 5.02. The Bertz CT molecular complexity index is 2740. The number of nitrogens with zero attached hydrogens (tertiary/aromatic N) is 1. The van der Waals surface area contributed by atoms with Crippen LogP contribution in [0, 0.1) is 0 Å². The molecule has 2 heterocycles. The molecule has 10 rings (SSSR count). The van der Waals surface area contributed by atoms with Crippen LogP contribution in [0.5, 0.6) is 0 Å². The van der Waals surface area contributed by atoms with Crippen LogP contribution in [0.15, 0.2) is 188 Å². The van der Waals surface area contributed by atoms with E-state index < -0.39 is 8.07 Å². The van der Waals surface area contributed by atoms with Crippen LogP contribution in [-0.2, 0) is 0 Å². The average molecular weight is 712 g/mol. The third kappa shape index (κ3) is 5.27. The monoisotopic (exact) mass is 711 g/mol. The molecule has 252 valence electrons. The minimum Gasteiger partial charge on any atom is -0.309 e. The normalized spacial score (nSPS) is 12.9. The third-order valence-electron chi connectivity index (χ3n) is 11.1. The van der Waals surface area contributed by atoms with Crippen molar-refractivity contribution in [3.05, 3.63) is 188 Å². The molecule has 1 aromatic heterocycles. The van der Waals surface area contributed by atoms with Gasteiger partial charge in [0.05, 0.1) is 5.69 Å². The van der Waals surface area contributed by atoms with Gasteiger partial charge >= 0.3 is 0 Å². The molecule has 0 saturated heterocycles. The fourth-order valence-corrected chi connectivity index (χ4v) is 12.7. The summed E-state index contributed by atoms with van der Waals surface area (Å²) in [6, 6.07) is 69.7. The number of fused-ring (bicyclic) bond motifs is 6. The van der Waals surface area contributed by atoms with E-state index in [1.165, 1.54) is 86.4 Å². The zero-order chi connectivity index (χ0) is 35.5. The van der Waals surface area contributed by atoms with Crippen molar-refractivity contribution in [1.29, 1.82) is 0 Å². The second-order valence-electron chi connectivity index (χ2n) is 14.5. The summed E-state index contributed by atoms with van der Waals surface area (Å²) < 4.78 is 2.61. The van der Waals surface area contributed by atoms with E-state index >= 15 is 0 Å². The van der Waals surface area contributed by atoms with Crippen molar-refractivity contribution in [2.45, 2.75) is 13.1 Å². The summed E-state index contributed by atoms with van der Waals surface area (Å²) in [5.41, 5.74) is 13.5. The van der Waals surface area contributed by atoms with E-state index in [1.807, 2.05) is 11.3 Å². The van der Waals surface area contributed by atoms with E-state index in [4.69, 9.17) is 0 Å². The lowest BCUT2D eigenvalue weighted by Crippen LogP contribution is -2.49. The van der Waals surface area contributed by atoms with Gasteiger partial charge in [-0.3, -0.25) is 0 Å². The lowest BCUT2D eigenvalue weighted by atomic mass is 9.89. The predicted molar refractivity (Wildman–Crippen MR) is 233 cm³/mol. The van der Waals surface area contributed by atoms with Gasteiger partial charge in [0.15, 0.2) is 0 Å². The van der Waals surface area contributed by atoms with Crippen molar-refractivity contribution in [3.63, 3.8) is 0 Å². The summed E-state index contributed by atoms with van der Waals surface area (Å²) >= 11 is 1.88. The first-order valence-corrected chi connectivity index (χ1v) is 22.2. The van der Waals surface area contributed by atoms with Gasteiger partial charge in [-0.2, -0.15) is 0 Å². The van der Waals surface area contributed by atoms with Gasteiger partial charge in [-0.05, 0) is 86.2 Å². The van der Waals surface area contributed by atoms with E-state index in [-0.39, 0.29) is 0 Å². The molecule has 0 unspecified atom stereocenters. The highest BCUT2D eigenvalue weighted by atomic mass is 32.1. The zero-order valence-electron chi connectivity index (χ0n) is 29.8. The molecule has 8 aromatic carbocycles. The predicted octanol–water partition coefficient (Wildman–Crippen LogP) is 13.3. The van der Waals surface area contributed by atoms with Gasteiger partial charge in [-0.15, -0.1) is 11.3 Å². The molecule has 53 heavy (non-hydrogen) atoms. The van der Waals surface area contributed by atoms with Crippen LogP contribution in [0.3, 0.4) is 0 Å². The molecule has 0 fully saturated rings. The van der Waals surface area contributed by atoms with Gasteiger partial charge in [-0.1, -0.05) is 159 Å². The van der Waals surface area contributed by atoms with Gasteiger partial charge in [0, 0.05) is 42.7 Å². The molecule has 1 aliphatic rings. The van der Waals surface area contributed by atoms with Crippen molar-refractivity contribution >= 4 is 67.0 Å². The van der Waals surface area contributed by atoms with Crippen molar-refractivity contribution in [2.24, 2.45) is 0 Å². The minimum atomic E-state index is -1.96. The highest BCUT2D eigenvalue weighted by Crippen LogP contribution is 2.50. The molecule has 1 nitrogen and oxygen atoms in total. The van der Waals surface area contributed by atoms with Crippen LogP contribution in [-0.4, -0.2) is 8.07 Å². The summed E-state index contributed by atoms with van der Waals surface area (Å²) in [4.78, 5) is 2.55. The Balaban J connectivity index is 1.31. The number of hydrogen-bond acceptors (Lipinski definition) is 2. The van der Waals surface area contributed by atoms with Crippen molar-refractivity contribution < 1.29 is 0 Å². The quantitative estimate of drug-likeness (QED) is 0.155. The summed E-state index contributed by atoms with van der Waals surface area (Å²) in [5.74, 6) is 0. The smallest absolute Gasteiger partial charge is 0.113 e. The standard InChI is InChI=1S/C50H37NSSi/c1-53(2)48-25-15-13-23-42(48)43-29-27-39(33-49(43)53)51(38-26-28-41-40-22-12-14-24-46(40)52-47(41)32-38)50-44(35-18-8-4-9-19-35)30-37(34-16-6-3-7-17-34)31-45(50)36-20-10-5-11-21-36/h3-33H,1-2H3. The molecule has 3 heteroatoms. The first-order valence-electron chi connectivity index (χ1n) is 18.3. The highest BCUT2D eigenvalue weighted by Gasteiger charge is 2.38. The second-order valence-corrected chi connectivity index (χ2v) is 19.9. The fourth-order valence-electron chi connectivity index (χ4n) is 8.44. The molecule has 0 spiro atoms.